The summed E-state index contributed by atoms with van der Waals surface area (Å²) in [5, 5.41) is 8.91. The second kappa shape index (κ2) is 10.0. The van der Waals surface area contributed by atoms with Gasteiger partial charge in [-0.1, -0.05) is 19.4 Å². The van der Waals surface area contributed by atoms with Gasteiger partial charge < -0.3 is 9.84 Å². The van der Waals surface area contributed by atoms with Crippen LogP contribution in [0.1, 0.15) is 64.2 Å². The van der Waals surface area contributed by atoms with Gasteiger partial charge in [-0.05, 0) is 75.2 Å². The number of esters is 1. The molecular weight excluding hydrogens is 326 g/mol. The Morgan fingerprint density at radius 2 is 1.60 bits per heavy atom. The Hall–Kier alpha value is -1.23. The van der Waals surface area contributed by atoms with E-state index in [0.717, 1.165) is 56.9 Å². The number of halogens is 2. The molecule has 25 heavy (non-hydrogen) atoms. The molecule has 0 atom stereocenters. The third kappa shape index (κ3) is 6.53. The lowest BCUT2D eigenvalue weighted by Gasteiger charge is -2.37. The smallest absolute Gasteiger partial charge is 0.336 e. The van der Waals surface area contributed by atoms with Gasteiger partial charge in [0, 0.05) is 0 Å². The van der Waals surface area contributed by atoms with Crippen LogP contribution in [0.5, 0.6) is 0 Å². The highest BCUT2D eigenvalue weighted by Crippen LogP contribution is 2.41. The van der Waals surface area contributed by atoms with Gasteiger partial charge in [-0.15, -0.1) is 0 Å². The SMILES string of the molecule is C=C(CO)C(=O)OC1CCC(C2CCC(CCC=C(F)F)CC2)CC1. The molecule has 0 radical (unpaired) electrons. The van der Waals surface area contributed by atoms with Gasteiger partial charge in [0.25, 0.3) is 6.08 Å². The Labute approximate surface area is 149 Å². The molecule has 0 amide bonds. The zero-order chi connectivity index (χ0) is 18.2. The van der Waals surface area contributed by atoms with Crippen molar-refractivity contribution in [1.82, 2.24) is 0 Å². The number of carbonyl (C=O) groups excluding carboxylic acids is 1. The van der Waals surface area contributed by atoms with Crippen LogP contribution in [0.4, 0.5) is 8.78 Å². The van der Waals surface area contributed by atoms with E-state index in [2.05, 4.69) is 6.58 Å². The van der Waals surface area contributed by atoms with Crippen molar-refractivity contribution < 1.29 is 23.4 Å². The second-order valence-corrected chi connectivity index (χ2v) is 7.56. The molecule has 2 fully saturated rings. The minimum Gasteiger partial charge on any atom is -0.459 e. The summed E-state index contributed by atoms with van der Waals surface area (Å²) < 4.78 is 29.6. The first kappa shape index (κ1) is 20.1. The number of rotatable bonds is 7. The highest BCUT2D eigenvalue weighted by Gasteiger charge is 2.32. The molecule has 0 aliphatic heterocycles. The molecule has 0 unspecified atom stereocenters. The molecule has 0 spiro atoms. The topological polar surface area (TPSA) is 46.5 Å². The maximum absolute atomic E-state index is 12.1. The maximum Gasteiger partial charge on any atom is 0.336 e. The molecular formula is C20H30F2O3. The van der Waals surface area contributed by atoms with Crippen molar-refractivity contribution in [2.24, 2.45) is 17.8 Å². The minimum absolute atomic E-state index is 0.0502. The Morgan fingerprint density at radius 1 is 1.04 bits per heavy atom. The maximum atomic E-state index is 12.1. The molecule has 5 heteroatoms. The molecule has 142 valence electrons. The number of aliphatic hydroxyl groups is 1. The number of aliphatic hydroxyl groups excluding tert-OH is 1. The van der Waals surface area contributed by atoms with E-state index in [0.29, 0.717) is 18.3 Å². The first-order valence-corrected chi connectivity index (χ1v) is 9.50. The third-order valence-corrected chi connectivity index (χ3v) is 5.90. The summed E-state index contributed by atoms with van der Waals surface area (Å²) in [7, 11) is 0. The molecule has 0 saturated heterocycles. The van der Waals surface area contributed by atoms with Gasteiger partial charge in [0.05, 0.1) is 12.2 Å². The van der Waals surface area contributed by atoms with Crippen molar-refractivity contribution in [3.8, 4) is 0 Å². The van der Waals surface area contributed by atoms with E-state index in [1.54, 1.807) is 0 Å². The lowest BCUT2D eigenvalue weighted by atomic mass is 9.70. The first-order chi connectivity index (χ1) is 12.0. The summed E-state index contributed by atoms with van der Waals surface area (Å²) in [6.07, 6.45) is 9.42. The Morgan fingerprint density at radius 3 is 2.12 bits per heavy atom. The molecule has 0 heterocycles. The van der Waals surface area contributed by atoms with Crippen LogP contribution in [0.2, 0.25) is 0 Å². The Balaban J connectivity index is 1.66. The summed E-state index contributed by atoms with van der Waals surface area (Å²) in [4.78, 5) is 11.7. The van der Waals surface area contributed by atoms with E-state index < -0.39 is 12.0 Å². The number of allylic oxidation sites excluding steroid dienone is 1. The summed E-state index contributed by atoms with van der Waals surface area (Å²) in [5.74, 6) is 1.53. The molecule has 0 aromatic carbocycles. The lowest BCUT2D eigenvalue weighted by molar-refractivity contribution is -0.146. The molecule has 2 saturated carbocycles. The van der Waals surface area contributed by atoms with Crippen LogP contribution in [0, 0.1) is 17.8 Å². The van der Waals surface area contributed by atoms with Crippen LogP contribution in [0.15, 0.2) is 24.3 Å². The number of hydrogen-bond acceptors (Lipinski definition) is 3. The highest BCUT2D eigenvalue weighted by atomic mass is 19.3. The van der Waals surface area contributed by atoms with Crippen LogP contribution in [0.25, 0.3) is 0 Å². The van der Waals surface area contributed by atoms with Crippen molar-refractivity contribution >= 4 is 5.97 Å². The normalized spacial score (nSPS) is 29.7. The average Bonchev–Trinajstić information content (AvgIpc) is 2.62. The van der Waals surface area contributed by atoms with E-state index in [-0.39, 0.29) is 18.3 Å². The standard InChI is InChI=1S/C20H30F2O3/c1-14(13-23)20(24)25-18-11-9-17(10-12-18)16-7-5-15(6-8-16)3-2-4-19(21)22/h4,15-18,23H,1-3,5-13H2. The van der Waals surface area contributed by atoms with Gasteiger partial charge in [0.1, 0.15) is 6.10 Å². The van der Waals surface area contributed by atoms with Crippen molar-refractivity contribution in [3.63, 3.8) is 0 Å². The average molecular weight is 356 g/mol. The van der Waals surface area contributed by atoms with Crippen molar-refractivity contribution in [2.45, 2.75) is 70.3 Å². The molecule has 2 aliphatic rings. The molecule has 2 rings (SSSR count). The number of carbonyl (C=O) groups is 1. The molecule has 1 N–H and O–H groups in total. The summed E-state index contributed by atoms with van der Waals surface area (Å²) >= 11 is 0. The molecule has 0 aromatic heterocycles. The monoisotopic (exact) mass is 356 g/mol. The van der Waals surface area contributed by atoms with E-state index in [9.17, 15) is 13.6 Å². The van der Waals surface area contributed by atoms with Gasteiger partial charge in [0.15, 0.2) is 0 Å². The van der Waals surface area contributed by atoms with E-state index in [1.807, 2.05) is 0 Å². The summed E-state index contributed by atoms with van der Waals surface area (Å²) in [6, 6.07) is 0. The van der Waals surface area contributed by atoms with E-state index >= 15 is 0 Å². The van der Waals surface area contributed by atoms with Crippen LogP contribution in [0.3, 0.4) is 0 Å². The second-order valence-electron chi connectivity index (χ2n) is 7.56. The van der Waals surface area contributed by atoms with Crippen LogP contribution in [-0.2, 0) is 9.53 Å². The lowest BCUT2D eigenvalue weighted by Crippen LogP contribution is -2.30. The van der Waals surface area contributed by atoms with Gasteiger partial charge in [-0.25, -0.2) is 4.79 Å². The van der Waals surface area contributed by atoms with Gasteiger partial charge in [0.2, 0.25) is 0 Å². The predicted octanol–water partition coefficient (Wildman–Crippen LogP) is 5.00. The van der Waals surface area contributed by atoms with Crippen molar-refractivity contribution in [1.29, 1.82) is 0 Å². The highest BCUT2D eigenvalue weighted by molar-refractivity contribution is 5.88. The predicted molar refractivity (Wildman–Crippen MR) is 93.0 cm³/mol. The summed E-state index contributed by atoms with van der Waals surface area (Å²) in [6.45, 7) is 3.14. The van der Waals surface area contributed by atoms with E-state index in [1.165, 1.54) is 12.8 Å². The first-order valence-electron chi connectivity index (χ1n) is 9.50. The molecule has 2 aliphatic carbocycles. The number of hydrogen-bond donors (Lipinski definition) is 1. The summed E-state index contributed by atoms with van der Waals surface area (Å²) in [5.41, 5.74) is 0.114. The van der Waals surface area contributed by atoms with Crippen LogP contribution in [-0.4, -0.2) is 23.8 Å². The largest absolute Gasteiger partial charge is 0.459 e. The number of ether oxygens (including phenoxy) is 1. The third-order valence-electron chi connectivity index (χ3n) is 5.90. The zero-order valence-corrected chi connectivity index (χ0v) is 14.9. The quantitative estimate of drug-likeness (QED) is 0.515. The zero-order valence-electron chi connectivity index (χ0n) is 14.9. The van der Waals surface area contributed by atoms with Crippen molar-refractivity contribution in [3.05, 3.63) is 24.3 Å². The van der Waals surface area contributed by atoms with Crippen LogP contribution >= 0.6 is 0 Å². The molecule has 3 nitrogen and oxygen atoms in total. The fourth-order valence-corrected chi connectivity index (χ4v) is 4.35. The molecule has 0 aromatic rings. The van der Waals surface area contributed by atoms with Gasteiger partial charge in [-0.3, -0.25) is 0 Å². The minimum atomic E-state index is -1.56. The van der Waals surface area contributed by atoms with E-state index in [4.69, 9.17) is 9.84 Å². The van der Waals surface area contributed by atoms with Gasteiger partial charge in [-0.2, -0.15) is 8.78 Å². The Kier molecular flexibility index (Phi) is 8.07. The van der Waals surface area contributed by atoms with Crippen LogP contribution < -0.4 is 0 Å². The molecule has 0 bridgehead atoms. The fourth-order valence-electron chi connectivity index (χ4n) is 4.35. The van der Waals surface area contributed by atoms with Crippen molar-refractivity contribution in [2.75, 3.05) is 6.61 Å². The van der Waals surface area contributed by atoms with Gasteiger partial charge >= 0.3 is 5.97 Å². The Bertz CT molecular complexity index is 469. The fraction of sp³-hybridized carbons (Fsp3) is 0.750.